The van der Waals surface area contributed by atoms with Gasteiger partial charge in [-0.1, -0.05) is 11.6 Å². The summed E-state index contributed by atoms with van der Waals surface area (Å²) in [5.41, 5.74) is -0.811. The second-order valence-electron chi connectivity index (χ2n) is 4.25. The fourth-order valence-electron chi connectivity index (χ4n) is 1.81. The highest BCUT2D eigenvalue weighted by molar-refractivity contribution is 7.16. The molecular formula is C14H10ClF3N2S. The molecule has 0 aliphatic rings. The van der Waals surface area contributed by atoms with Crippen molar-refractivity contribution in [1.29, 1.82) is 5.26 Å². The van der Waals surface area contributed by atoms with Gasteiger partial charge in [0, 0.05) is 17.1 Å². The molecule has 110 valence electrons. The molecule has 7 heteroatoms. The second kappa shape index (κ2) is 6.37. The van der Waals surface area contributed by atoms with E-state index in [0.717, 1.165) is 10.9 Å². The van der Waals surface area contributed by atoms with E-state index in [1.807, 2.05) is 6.07 Å². The summed E-state index contributed by atoms with van der Waals surface area (Å²) in [6.45, 7) is 0.549. The summed E-state index contributed by atoms with van der Waals surface area (Å²) in [6.07, 6.45) is -3.81. The summed E-state index contributed by atoms with van der Waals surface area (Å²) in [6, 6.07) is 8.74. The fraction of sp³-hybridized carbons (Fsp3) is 0.214. The van der Waals surface area contributed by atoms with Gasteiger partial charge in [0.2, 0.25) is 0 Å². The van der Waals surface area contributed by atoms with E-state index in [2.05, 4.69) is 5.32 Å². The summed E-state index contributed by atoms with van der Waals surface area (Å²) in [4.78, 5) is 1.08. The third kappa shape index (κ3) is 4.13. The lowest BCUT2D eigenvalue weighted by Crippen LogP contribution is -2.09. The van der Waals surface area contributed by atoms with Crippen molar-refractivity contribution in [1.82, 2.24) is 0 Å². The van der Waals surface area contributed by atoms with Crippen LogP contribution in [-0.2, 0) is 12.6 Å². The molecule has 0 bridgehead atoms. The average Bonchev–Trinajstić information content (AvgIpc) is 2.83. The quantitative estimate of drug-likeness (QED) is 0.861. The molecule has 0 unspecified atom stereocenters. The Labute approximate surface area is 128 Å². The highest BCUT2D eigenvalue weighted by Crippen LogP contribution is 2.33. The number of benzene rings is 1. The van der Waals surface area contributed by atoms with E-state index in [4.69, 9.17) is 16.9 Å². The summed E-state index contributed by atoms with van der Waals surface area (Å²) in [7, 11) is 0. The first kappa shape index (κ1) is 15.7. The number of halogens is 4. The van der Waals surface area contributed by atoms with Gasteiger partial charge in [0.25, 0.3) is 0 Å². The minimum atomic E-state index is -4.52. The second-order valence-corrected chi connectivity index (χ2v) is 6.05. The molecule has 0 amide bonds. The molecule has 1 heterocycles. The molecule has 2 aromatic rings. The molecule has 1 N–H and O–H groups in total. The maximum absolute atomic E-state index is 12.7. The number of rotatable bonds is 4. The smallest absolute Gasteiger partial charge is 0.385 e. The van der Waals surface area contributed by atoms with Gasteiger partial charge in [-0.25, -0.2) is 0 Å². The summed E-state index contributed by atoms with van der Waals surface area (Å²) < 4.78 is 38.7. The average molecular weight is 331 g/mol. The molecule has 0 spiro atoms. The van der Waals surface area contributed by atoms with Crippen LogP contribution < -0.4 is 5.32 Å². The molecule has 1 aromatic carbocycles. The summed E-state index contributed by atoms with van der Waals surface area (Å²) >= 11 is 7.27. The Morgan fingerprint density at radius 2 is 2.00 bits per heavy atom. The monoisotopic (exact) mass is 330 g/mol. The van der Waals surface area contributed by atoms with Crippen LogP contribution in [0.25, 0.3) is 0 Å². The lowest BCUT2D eigenvalue weighted by molar-refractivity contribution is -0.137. The highest BCUT2D eigenvalue weighted by Gasteiger charge is 2.33. The molecular weight excluding hydrogens is 321 g/mol. The number of nitriles is 1. The van der Waals surface area contributed by atoms with Crippen molar-refractivity contribution < 1.29 is 13.2 Å². The number of hydrogen-bond acceptors (Lipinski definition) is 3. The molecule has 0 saturated carbocycles. The zero-order valence-corrected chi connectivity index (χ0v) is 12.2. The molecule has 2 rings (SSSR count). The van der Waals surface area contributed by atoms with Crippen molar-refractivity contribution in [3.05, 3.63) is 50.7 Å². The third-order valence-electron chi connectivity index (χ3n) is 2.77. The SMILES string of the molecule is N#Cc1cc(NCCc2ccc(Cl)s2)ccc1C(F)(F)F. The van der Waals surface area contributed by atoms with Crippen molar-refractivity contribution in [3.8, 4) is 6.07 Å². The predicted molar refractivity (Wildman–Crippen MR) is 77.7 cm³/mol. The van der Waals surface area contributed by atoms with E-state index in [0.29, 0.717) is 23.0 Å². The lowest BCUT2D eigenvalue weighted by atomic mass is 10.1. The van der Waals surface area contributed by atoms with Crippen LogP contribution in [0.5, 0.6) is 0 Å². The molecule has 1 aromatic heterocycles. The van der Waals surface area contributed by atoms with Crippen molar-refractivity contribution in [2.45, 2.75) is 12.6 Å². The number of thiophene rings is 1. The predicted octanol–water partition coefficient (Wildman–Crippen LogP) is 4.95. The van der Waals surface area contributed by atoms with E-state index in [9.17, 15) is 13.2 Å². The number of nitrogens with one attached hydrogen (secondary N) is 1. The molecule has 0 aliphatic carbocycles. The Bertz CT molecular complexity index is 674. The maximum Gasteiger partial charge on any atom is 0.417 e. The number of nitrogens with zero attached hydrogens (tertiary/aromatic N) is 1. The Balaban J connectivity index is 2.03. The van der Waals surface area contributed by atoms with E-state index in [1.165, 1.54) is 23.5 Å². The zero-order valence-electron chi connectivity index (χ0n) is 10.7. The van der Waals surface area contributed by atoms with Crippen molar-refractivity contribution >= 4 is 28.6 Å². The van der Waals surface area contributed by atoms with E-state index >= 15 is 0 Å². The maximum atomic E-state index is 12.7. The Morgan fingerprint density at radius 1 is 1.24 bits per heavy atom. The van der Waals surface area contributed by atoms with Gasteiger partial charge in [0.15, 0.2) is 0 Å². The van der Waals surface area contributed by atoms with E-state index < -0.39 is 11.7 Å². The standard InChI is InChI=1S/C14H10ClF3N2S/c15-13-4-2-11(21-13)5-6-20-10-1-3-12(14(16,17)18)9(7-10)8-19/h1-4,7,20H,5-6H2. The van der Waals surface area contributed by atoms with Crippen LogP contribution in [0.15, 0.2) is 30.3 Å². The van der Waals surface area contributed by atoms with Crippen LogP contribution in [0.4, 0.5) is 18.9 Å². The first-order chi connectivity index (χ1) is 9.90. The van der Waals surface area contributed by atoms with Crippen LogP contribution in [0.2, 0.25) is 4.34 Å². The molecule has 0 saturated heterocycles. The van der Waals surface area contributed by atoms with Crippen molar-refractivity contribution in [2.24, 2.45) is 0 Å². The first-order valence-corrected chi connectivity index (χ1v) is 7.19. The Morgan fingerprint density at radius 3 is 2.57 bits per heavy atom. The normalized spacial score (nSPS) is 11.2. The van der Waals surface area contributed by atoms with Crippen LogP contribution in [-0.4, -0.2) is 6.54 Å². The largest absolute Gasteiger partial charge is 0.417 e. The number of alkyl halides is 3. The topological polar surface area (TPSA) is 35.8 Å². The third-order valence-corrected chi connectivity index (χ3v) is 4.07. The summed E-state index contributed by atoms with van der Waals surface area (Å²) in [5.74, 6) is 0. The Hall–Kier alpha value is -1.71. The summed E-state index contributed by atoms with van der Waals surface area (Å²) in [5, 5.41) is 11.8. The van der Waals surface area contributed by atoms with Crippen molar-refractivity contribution in [3.63, 3.8) is 0 Å². The van der Waals surface area contributed by atoms with Gasteiger partial charge in [-0.2, -0.15) is 18.4 Å². The fourth-order valence-corrected chi connectivity index (χ4v) is 2.90. The zero-order chi connectivity index (χ0) is 15.5. The Kier molecular flexibility index (Phi) is 4.76. The first-order valence-electron chi connectivity index (χ1n) is 5.99. The van der Waals surface area contributed by atoms with Gasteiger partial charge in [-0.05, 0) is 36.8 Å². The molecule has 0 fully saturated rings. The van der Waals surface area contributed by atoms with Gasteiger partial charge in [-0.3, -0.25) is 0 Å². The molecule has 21 heavy (non-hydrogen) atoms. The number of anilines is 1. The molecule has 2 nitrogen and oxygen atoms in total. The van der Waals surface area contributed by atoms with Crippen LogP contribution >= 0.6 is 22.9 Å². The van der Waals surface area contributed by atoms with Crippen LogP contribution in [0, 0.1) is 11.3 Å². The minimum Gasteiger partial charge on any atom is -0.385 e. The van der Waals surface area contributed by atoms with Crippen LogP contribution in [0.1, 0.15) is 16.0 Å². The van der Waals surface area contributed by atoms with E-state index in [1.54, 1.807) is 12.1 Å². The minimum absolute atomic E-state index is 0.383. The van der Waals surface area contributed by atoms with Gasteiger partial charge in [-0.15, -0.1) is 11.3 Å². The molecule has 0 radical (unpaired) electrons. The molecule has 0 atom stereocenters. The number of hydrogen-bond donors (Lipinski definition) is 1. The van der Waals surface area contributed by atoms with E-state index in [-0.39, 0.29) is 5.56 Å². The highest BCUT2D eigenvalue weighted by atomic mass is 35.5. The van der Waals surface area contributed by atoms with Gasteiger partial charge in [0.1, 0.15) is 0 Å². The van der Waals surface area contributed by atoms with Crippen molar-refractivity contribution in [2.75, 3.05) is 11.9 Å². The van der Waals surface area contributed by atoms with Gasteiger partial charge in [0.05, 0.1) is 21.5 Å². The van der Waals surface area contributed by atoms with Gasteiger partial charge >= 0.3 is 6.18 Å². The molecule has 0 aliphatic heterocycles. The van der Waals surface area contributed by atoms with Gasteiger partial charge < -0.3 is 5.32 Å². The lowest BCUT2D eigenvalue weighted by Gasteiger charge is -2.11. The van der Waals surface area contributed by atoms with Crippen LogP contribution in [0.3, 0.4) is 0 Å².